The van der Waals surface area contributed by atoms with Crippen molar-refractivity contribution in [2.45, 2.75) is 46.6 Å². The Morgan fingerprint density at radius 2 is 2.06 bits per heavy atom. The van der Waals surface area contributed by atoms with E-state index in [4.69, 9.17) is 0 Å². The zero-order chi connectivity index (χ0) is 13.5. The molecule has 0 bridgehead atoms. The summed E-state index contributed by atoms with van der Waals surface area (Å²) < 4.78 is 0. The molecule has 1 atom stereocenters. The van der Waals surface area contributed by atoms with E-state index in [2.05, 4.69) is 24.5 Å². The van der Waals surface area contributed by atoms with Crippen LogP contribution in [0.1, 0.15) is 49.5 Å². The maximum Gasteiger partial charge on any atom is 0.253 e. The standard InChI is InChI=1S/C15H24N2O/c1-5-9-16-14-10-11(3)7-8-13(14)15(18)17-12(4)6-2/h7-8,10,12,16H,5-6,9H2,1-4H3,(H,17,18). The van der Waals surface area contributed by atoms with E-state index in [-0.39, 0.29) is 11.9 Å². The minimum Gasteiger partial charge on any atom is -0.384 e. The minimum atomic E-state index is 0.00273. The van der Waals surface area contributed by atoms with Gasteiger partial charge in [-0.25, -0.2) is 0 Å². The van der Waals surface area contributed by atoms with E-state index in [1.807, 2.05) is 32.0 Å². The fourth-order valence-corrected chi connectivity index (χ4v) is 1.67. The number of nitrogens with one attached hydrogen (secondary N) is 2. The molecule has 1 amide bonds. The predicted octanol–water partition coefficient (Wildman–Crippen LogP) is 3.35. The molecule has 0 saturated carbocycles. The molecule has 1 rings (SSSR count). The normalized spacial score (nSPS) is 12.0. The molecule has 0 aliphatic rings. The summed E-state index contributed by atoms with van der Waals surface area (Å²) in [4.78, 5) is 12.2. The molecule has 0 fully saturated rings. The van der Waals surface area contributed by atoms with Crippen LogP contribution in [0, 0.1) is 6.92 Å². The van der Waals surface area contributed by atoms with Crippen LogP contribution in [0.4, 0.5) is 5.69 Å². The predicted molar refractivity (Wildman–Crippen MR) is 77.2 cm³/mol. The molecule has 0 aliphatic heterocycles. The molecule has 0 aromatic heterocycles. The molecule has 1 unspecified atom stereocenters. The second-order valence-electron chi connectivity index (χ2n) is 4.76. The zero-order valence-corrected chi connectivity index (χ0v) is 11.8. The molecule has 3 heteroatoms. The van der Waals surface area contributed by atoms with Crippen molar-refractivity contribution in [2.75, 3.05) is 11.9 Å². The van der Waals surface area contributed by atoms with Crippen molar-refractivity contribution in [1.29, 1.82) is 0 Å². The molecule has 0 aliphatic carbocycles. The van der Waals surface area contributed by atoms with Crippen molar-refractivity contribution >= 4 is 11.6 Å². The van der Waals surface area contributed by atoms with E-state index >= 15 is 0 Å². The first-order valence-corrected chi connectivity index (χ1v) is 6.73. The summed E-state index contributed by atoms with van der Waals surface area (Å²) in [5.41, 5.74) is 2.82. The molecule has 0 radical (unpaired) electrons. The van der Waals surface area contributed by atoms with Gasteiger partial charge in [0.15, 0.2) is 0 Å². The Labute approximate surface area is 110 Å². The third-order valence-electron chi connectivity index (χ3n) is 2.98. The van der Waals surface area contributed by atoms with Crippen LogP contribution in [0.25, 0.3) is 0 Å². The molecule has 3 nitrogen and oxygen atoms in total. The number of hydrogen-bond donors (Lipinski definition) is 2. The van der Waals surface area contributed by atoms with Crippen molar-refractivity contribution in [3.8, 4) is 0 Å². The Balaban J connectivity index is 2.88. The molecule has 1 aromatic rings. The summed E-state index contributed by atoms with van der Waals surface area (Å²) in [5.74, 6) is 0.00273. The number of hydrogen-bond acceptors (Lipinski definition) is 2. The van der Waals surface area contributed by atoms with E-state index in [9.17, 15) is 4.79 Å². The molecule has 0 saturated heterocycles. The molecule has 18 heavy (non-hydrogen) atoms. The van der Waals surface area contributed by atoms with Crippen molar-refractivity contribution in [3.05, 3.63) is 29.3 Å². The van der Waals surface area contributed by atoms with E-state index in [0.717, 1.165) is 36.2 Å². The van der Waals surface area contributed by atoms with Crippen molar-refractivity contribution in [2.24, 2.45) is 0 Å². The highest BCUT2D eigenvalue weighted by Crippen LogP contribution is 2.18. The Morgan fingerprint density at radius 1 is 1.33 bits per heavy atom. The van der Waals surface area contributed by atoms with Crippen molar-refractivity contribution in [3.63, 3.8) is 0 Å². The Hall–Kier alpha value is -1.51. The lowest BCUT2D eigenvalue weighted by molar-refractivity contribution is 0.0940. The Bertz CT molecular complexity index is 401. The van der Waals surface area contributed by atoms with Gasteiger partial charge in [0.05, 0.1) is 5.56 Å². The highest BCUT2D eigenvalue weighted by Gasteiger charge is 2.12. The molecule has 0 spiro atoms. The maximum atomic E-state index is 12.2. The fourth-order valence-electron chi connectivity index (χ4n) is 1.67. The van der Waals surface area contributed by atoms with Gasteiger partial charge in [0.1, 0.15) is 0 Å². The van der Waals surface area contributed by atoms with Crippen molar-refractivity contribution < 1.29 is 4.79 Å². The fraction of sp³-hybridized carbons (Fsp3) is 0.533. The van der Waals surface area contributed by atoms with Crippen LogP contribution in [0.5, 0.6) is 0 Å². The lowest BCUT2D eigenvalue weighted by Crippen LogP contribution is -2.32. The monoisotopic (exact) mass is 248 g/mol. The van der Waals surface area contributed by atoms with E-state index in [0.29, 0.717) is 0 Å². The third kappa shape index (κ3) is 4.06. The van der Waals surface area contributed by atoms with Crippen LogP contribution in [0.3, 0.4) is 0 Å². The molecule has 0 heterocycles. The summed E-state index contributed by atoms with van der Waals surface area (Å²) in [7, 11) is 0. The van der Waals surface area contributed by atoms with Gasteiger partial charge in [-0.15, -0.1) is 0 Å². The molecule has 2 N–H and O–H groups in total. The van der Waals surface area contributed by atoms with Crippen LogP contribution in [-0.2, 0) is 0 Å². The van der Waals surface area contributed by atoms with Gasteiger partial charge in [0.2, 0.25) is 0 Å². The number of carbonyl (C=O) groups is 1. The Kier molecular flexibility index (Phi) is 5.69. The smallest absolute Gasteiger partial charge is 0.253 e. The Morgan fingerprint density at radius 3 is 2.67 bits per heavy atom. The van der Waals surface area contributed by atoms with Gasteiger partial charge >= 0.3 is 0 Å². The third-order valence-corrected chi connectivity index (χ3v) is 2.98. The second kappa shape index (κ2) is 7.04. The van der Waals surface area contributed by atoms with Gasteiger partial charge in [-0.2, -0.15) is 0 Å². The highest BCUT2D eigenvalue weighted by molar-refractivity contribution is 5.99. The first kappa shape index (κ1) is 14.6. The lowest BCUT2D eigenvalue weighted by atomic mass is 10.1. The first-order chi connectivity index (χ1) is 8.58. The van der Waals surface area contributed by atoms with Crippen LogP contribution < -0.4 is 10.6 Å². The molecule has 1 aromatic carbocycles. The van der Waals surface area contributed by atoms with E-state index in [1.165, 1.54) is 0 Å². The summed E-state index contributed by atoms with van der Waals surface area (Å²) in [6, 6.07) is 6.10. The van der Waals surface area contributed by atoms with Crippen LogP contribution in [-0.4, -0.2) is 18.5 Å². The zero-order valence-electron chi connectivity index (χ0n) is 11.8. The average molecular weight is 248 g/mol. The number of carbonyl (C=O) groups excluding carboxylic acids is 1. The van der Waals surface area contributed by atoms with E-state index in [1.54, 1.807) is 0 Å². The second-order valence-corrected chi connectivity index (χ2v) is 4.76. The van der Waals surface area contributed by atoms with Gasteiger partial charge < -0.3 is 10.6 Å². The SMILES string of the molecule is CCCNc1cc(C)ccc1C(=O)NC(C)CC. The summed E-state index contributed by atoms with van der Waals surface area (Å²) >= 11 is 0. The number of rotatable bonds is 6. The van der Waals surface area contributed by atoms with Crippen LogP contribution >= 0.6 is 0 Å². The van der Waals surface area contributed by atoms with Crippen LogP contribution in [0.15, 0.2) is 18.2 Å². The van der Waals surface area contributed by atoms with Gasteiger partial charge in [-0.3, -0.25) is 4.79 Å². The minimum absolute atomic E-state index is 0.00273. The van der Waals surface area contributed by atoms with Crippen LogP contribution in [0.2, 0.25) is 0 Å². The number of amides is 1. The van der Waals surface area contributed by atoms with Gasteiger partial charge in [0, 0.05) is 18.3 Å². The topological polar surface area (TPSA) is 41.1 Å². The number of anilines is 1. The highest BCUT2D eigenvalue weighted by atomic mass is 16.1. The summed E-state index contributed by atoms with van der Waals surface area (Å²) in [5, 5.41) is 6.32. The van der Waals surface area contributed by atoms with Gasteiger partial charge in [-0.1, -0.05) is 19.9 Å². The largest absolute Gasteiger partial charge is 0.384 e. The molecular weight excluding hydrogens is 224 g/mol. The summed E-state index contributed by atoms with van der Waals surface area (Å²) in [6.07, 6.45) is 1.98. The summed E-state index contributed by atoms with van der Waals surface area (Å²) in [6.45, 7) is 9.11. The first-order valence-electron chi connectivity index (χ1n) is 6.73. The molecular formula is C15H24N2O. The number of aryl methyl sites for hydroxylation is 1. The van der Waals surface area contributed by atoms with Crippen molar-refractivity contribution in [1.82, 2.24) is 5.32 Å². The van der Waals surface area contributed by atoms with Gasteiger partial charge in [-0.05, 0) is 44.4 Å². The van der Waals surface area contributed by atoms with Gasteiger partial charge in [0.25, 0.3) is 5.91 Å². The quantitative estimate of drug-likeness (QED) is 0.810. The molecule has 100 valence electrons. The maximum absolute atomic E-state index is 12.2. The lowest BCUT2D eigenvalue weighted by Gasteiger charge is -2.15. The number of benzene rings is 1. The van der Waals surface area contributed by atoms with E-state index < -0.39 is 0 Å². The average Bonchev–Trinajstić information content (AvgIpc) is 2.36.